The Balaban J connectivity index is 2.41. The van der Waals surface area contributed by atoms with Gasteiger partial charge < -0.3 is 9.97 Å². The summed E-state index contributed by atoms with van der Waals surface area (Å²) in [7, 11) is 0. The molecule has 100 valence electrons. The summed E-state index contributed by atoms with van der Waals surface area (Å²) < 4.78 is 1.30. The van der Waals surface area contributed by atoms with Crippen LogP contribution in [-0.4, -0.2) is 14.5 Å². The Morgan fingerprint density at radius 1 is 0.950 bits per heavy atom. The van der Waals surface area contributed by atoms with E-state index in [4.69, 9.17) is 11.6 Å². The minimum atomic E-state index is -0.869. The van der Waals surface area contributed by atoms with Gasteiger partial charge in [-0.15, -0.1) is 0 Å². The summed E-state index contributed by atoms with van der Waals surface area (Å²) >= 11 is 6.05. The lowest BCUT2D eigenvalue weighted by Crippen LogP contribution is -2.32. The molecule has 2 aromatic heterocycles. The molecule has 0 saturated heterocycles. The number of hydrogen-bond donors (Lipinski definition) is 2. The highest BCUT2D eigenvalue weighted by Gasteiger charge is 2.09. The van der Waals surface area contributed by atoms with Crippen molar-refractivity contribution >= 4 is 22.6 Å². The summed E-state index contributed by atoms with van der Waals surface area (Å²) in [6.07, 6.45) is 1.49. The molecule has 0 aliphatic carbocycles. The van der Waals surface area contributed by atoms with Crippen LogP contribution in [0.15, 0.2) is 50.9 Å². The van der Waals surface area contributed by atoms with Gasteiger partial charge in [0.15, 0.2) is 0 Å². The maximum Gasteiger partial charge on any atom is 0.314 e. The number of aromatic nitrogens is 3. The predicted molar refractivity (Wildman–Crippen MR) is 75.8 cm³/mol. The lowest BCUT2D eigenvalue weighted by molar-refractivity contribution is 0.987. The zero-order valence-electron chi connectivity index (χ0n) is 10.0. The number of fused-ring (bicyclic) bond motifs is 1. The van der Waals surface area contributed by atoms with E-state index in [2.05, 4.69) is 9.97 Å². The molecular weight excluding hydrogens is 282 g/mol. The quantitative estimate of drug-likeness (QED) is 0.656. The Labute approximate surface area is 116 Å². The molecule has 0 radical (unpaired) electrons. The molecule has 7 heteroatoms. The number of H-pyrrole nitrogens is 2. The molecule has 2 N–H and O–H groups in total. The molecule has 0 amide bonds. The molecule has 6 nitrogen and oxygen atoms in total. The van der Waals surface area contributed by atoms with Crippen LogP contribution in [0.25, 0.3) is 16.7 Å². The highest BCUT2D eigenvalue weighted by Crippen LogP contribution is 2.18. The maximum atomic E-state index is 12.4. The summed E-state index contributed by atoms with van der Waals surface area (Å²) in [6.45, 7) is 0. The molecule has 0 atom stereocenters. The smallest absolute Gasteiger partial charge is 0.314 e. The van der Waals surface area contributed by atoms with Crippen LogP contribution in [0.2, 0.25) is 5.02 Å². The van der Waals surface area contributed by atoms with Gasteiger partial charge in [0.05, 0.1) is 16.2 Å². The largest absolute Gasteiger partial charge is 0.316 e. The Morgan fingerprint density at radius 2 is 1.65 bits per heavy atom. The molecule has 0 aliphatic heterocycles. The van der Waals surface area contributed by atoms with Gasteiger partial charge in [0.25, 0.3) is 5.56 Å². The van der Waals surface area contributed by atoms with Crippen molar-refractivity contribution in [3.8, 4) is 5.69 Å². The third-order valence-corrected chi connectivity index (χ3v) is 3.22. The topological polar surface area (TPSA) is 87.7 Å². The van der Waals surface area contributed by atoms with E-state index in [0.717, 1.165) is 0 Å². The number of hydrogen-bond acceptors (Lipinski definition) is 3. The lowest BCUT2D eigenvalue weighted by atomic mass is 10.3. The van der Waals surface area contributed by atoms with Crippen LogP contribution in [0.3, 0.4) is 0 Å². The van der Waals surface area contributed by atoms with Crippen LogP contribution in [0.1, 0.15) is 0 Å². The van der Waals surface area contributed by atoms with Gasteiger partial charge in [0.1, 0.15) is 5.52 Å². The Morgan fingerprint density at radius 3 is 2.40 bits per heavy atom. The van der Waals surface area contributed by atoms with Crippen LogP contribution >= 0.6 is 11.6 Å². The van der Waals surface area contributed by atoms with Crippen molar-refractivity contribution in [3.05, 3.63) is 72.6 Å². The first-order valence-corrected chi connectivity index (χ1v) is 6.08. The first-order chi connectivity index (χ1) is 9.58. The van der Waals surface area contributed by atoms with Crippen LogP contribution in [0.4, 0.5) is 0 Å². The van der Waals surface area contributed by atoms with E-state index in [1.807, 2.05) is 0 Å². The van der Waals surface area contributed by atoms with Gasteiger partial charge in [-0.2, -0.15) is 0 Å². The Bertz CT molecular complexity index is 984. The normalized spacial score (nSPS) is 10.8. The molecule has 3 aromatic rings. The van der Waals surface area contributed by atoms with E-state index in [-0.39, 0.29) is 11.0 Å². The number of rotatable bonds is 1. The van der Waals surface area contributed by atoms with Crippen molar-refractivity contribution in [1.29, 1.82) is 0 Å². The van der Waals surface area contributed by atoms with Crippen LogP contribution in [0.5, 0.6) is 0 Å². The number of aromatic amines is 2. The monoisotopic (exact) mass is 289 g/mol. The molecular formula is C13H8ClN3O3. The average molecular weight is 290 g/mol. The minimum absolute atomic E-state index is 0.0250. The number of nitrogens with one attached hydrogen (secondary N) is 2. The summed E-state index contributed by atoms with van der Waals surface area (Å²) in [5.41, 5.74) is -1.35. The van der Waals surface area contributed by atoms with E-state index >= 15 is 0 Å². The van der Waals surface area contributed by atoms with Crippen molar-refractivity contribution in [2.75, 3.05) is 0 Å². The fraction of sp³-hybridized carbons (Fsp3) is 0. The van der Waals surface area contributed by atoms with E-state index in [1.165, 1.54) is 16.8 Å². The zero-order chi connectivity index (χ0) is 14.3. The second-order valence-electron chi connectivity index (χ2n) is 4.14. The number of nitrogens with zero attached hydrogens (tertiary/aromatic N) is 1. The Hall–Kier alpha value is -2.60. The highest BCUT2D eigenvalue weighted by molar-refractivity contribution is 6.32. The summed E-state index contributed by atoms with van der Waals surface area (Å²) in [5.74, 6) is 0. The molecule has 2 heterocycles. The van der Waals surface area contributed by atoms with Crippen LogP contribution < -0.4 is 16.7 Å². The van der Waals surface area contributed by atoms with Gasteiger partial charge in [-0.3, -0.25) is 19.0 Å². The van der Waals surface area contributed by atoms with Crippen LogP contribution in [0, 0.1) is 0 Å². The third kappa shape index (κ3) is 1.86. The second kappa shape index (κ2) is 4.50. The van der Waals surface area contributed by atoms with Gasteiger partial charge in [-0.1, -0.05) is 23.7 Å². The molecule has 0 saturated carbocycles. The molecule has 1 aromatic carbocycles. The van der Waals surface area contributed by atoms with Crippen molar-refractivity contribution in [2.45, 2.75) is 0 Å². The summed E-state index contributed by atoms with van der Waals surface area (Å²) in [5, 5.41) is 0.403. The Kier molecular flexibility index (Phi) is 2.80. The molecule has 0 bridgehead atoms. The first-order valence-electron chi connectivity index (χ1n) is 5.71. The standard InChI is InChI=1S/C13H8ClN3O3/c14-7-3-1-2-4-9(7)17-6-5-8-10(13(17)20)16-12(19)11(18)15-8/h1-6H,(H,15,18)(H,16,19). The zero-order valence-corrected chi connectivity index (χ0v) is 10.8. The second-order valence-corrected chi connectivity index (χ2v) is 4.55. The first kappa shape index (κ1) is 12.4. The summed E-state index contributed by atoms with van der Waals surface area (Å²) in [6, 6.07) is 8.35. The fourth-order valence-corrected chi connectivity index (χ4v) is 2.17. The van der Waals surface area contributed by atoms with Crippen molar-refractivity contribution in [3.63, 3.8) is 0 Å². The van der Waals surface area contributed by atoms with Crippen molar-refractivity contribution in [2.24, 2.45) is 0 Å². The van der Waals surface area contributed by atoms with E-state index < -0.39 is 16.7 Å². The maximum absolute atomic E-state index is 12.4. The minimum Gasteiger partial charge on any atom is -0.316 e. The predicted octanol–water partition coefficient (Wildman–Crippen LogP) is 1.02. The molecule has 0 spiro atoms. The SMILES string of the molecule is O=c1[nH]c2ccn(-c3ccccc3Cl)c(=O)c2[nH]c1=O. The molecule has 3 rings (SSSR count). The summed E-state index contributed by atoms with van der Waals surface area (Å²) in [4.78, 5) is 39.5. The van der Waals surface area contributed by atoms with Gasteiger partial charge in [0.2, 0.25) is 0 Å². The van der Waals surface area contributed by atoms with Crippen molar-refractivity contribution < 1.29 is 0 Å². The van der Waals surface area contributed by atoms with Gasteiger partial charge in [0, 0.05) is 6.20 Å². The van der Waals surface area contributed by atoms with Gasteiger partial charge in [-0.05, 0) is 18.2 Å². The number of para-hydroxylation sites is 1. The van der Waals surface area contributed by atoms with Crippen LogP contribution in [-0.2, 0) is 0 Å². The lowest BCUT2D eigenvalue weighted by Gasteiger charge is -2.08. The van der Waals surface area contributed by atoms with Gasteiger partial charge >= 0.3 is 11.1 Å². The van der Waals surface area contributed by atoms with E-state index in [0.29, 0.717) is 10.7 Å². The average Bonchev–Trinajstić information content (AvgIpc) is 2.43. The number of pyridine rings is 1. The third-order valence-electron chi connectivity index (χ3n) is 2.90. The molecule has 0 aliphatic rings. The van der Waals surface area contributed by atoms with Gasteiger partial charge in [-0.25, -0.2) is 0 Å². The van der Waals surface area contributed by atoms with E-state index in [9.17, 15) is 14.4 Å². The molecule has 0 fully saturated rings. The molecule has 20 heavy (non-hydrogen) atoms. The van der Waals surface area contributed by atoms with E-state index in [1.54, 1.807) is 24.3 Å². The fourth-order valence-electron chi connectivity index (χ4n) is 1.95. The molecule has 0 unspecified atom stereocenters. The number of benzene rings is 1. The van der Waals surface area contributed by atoms with Crippen molar-refractivity contribution in [1.82, 2.24) is 14.5 Å². The highest BCUT2D eigenvalue weighted by atomic mass is 35.5. The number of halogens is 1.